The van der Waals surface area contributed by atoms with Gasteiger partial charge < -0.3 is 24.2 Å². The molecule has 2 saturated heterocycles. The Morgan fingerprint density at radius 1 is 1.24 bits per heavy atom. The lowest BCUT2D eigenvalue weighted by molar-refractivity contribution is -0.128. The van der Waals surface area contributed by atoms with E-state index in [0.717, 1.165) is 66.4 Å². The largest absolute Gasteiger partial charge is 0.497 e. The number of nitrogens with zero attached hydrogens (tertiary/aromatic N) is 6. The number of aromatic nitrogens is 2. The van der Waals surface area contributed by atoms with Crippen LogP contribution in [0.1, 0.15) is 42.5 Å². The fourth-order valence-corrected chi connectivity index (χ4v) is 6.69. The van der Waals surface area contributed by atoms with Crippen LogP contribution in [0.25, 0.3) is 0 Å². The van der Waals surface area contributed by atoms with Crippen molar-refractivity contribution in [3.05, 3.63) is 47.7 Å². The number of carbonyl (C=O) groups is 1. The molecule has 0 saturated carbocycles. The van der Waals surface area contributed by atoms with Crippen LogP contribution in [0.5, 0.6) is 11.8 Å². The Morgan fingerprint density at radius 2 is 2.10 bits per heavy atom. The summed E-state index contributed by atoms with van der Waals surface area (Å²) in [6.45, 7) is 6.98. The number of nitriles is 1. The molecule has 3 aliphatic rings. The van der Waals surface area contributed by atoms with E-state index in [-0.39, 0.29) is 18.4 Å². The highest BCUT2D eigenvalue weighted by atomic mass is 32.1. The monoisotopic (exact) mass is 576 g/mol. The van der Waals surface area contributed by atoms with Crippen molar-refractivity contribution in [2.45, 2.75) is 61.9 Å². The zero-order valence-electron chi connectivity index (χ0n) is 24.1. The molecule has 3 heterocycles. The molecule has 3 atom stereocenters. The van der Waals surface area contributed by atoms with Gasteiger partial charge in [0.05, 0.1) is 31.3 Å². The third kappa shape index (κ3) is 6.62. The van der Waals surface area contributed by atoms with Crippen molar-refractivity contribution >= 4 is 24.4 Å². The van der Waals surface area contributed by atoms with Crippen LogP contribution in [0.15, 0.2) is 35.7 Å². The molecule has 2 unspecified atom stereocenters. The van der Waals surface area contributed by atoms with Crippen LogP contribution in [-0.2, 0) is 24.1 Å². The van der Waals surface area contributed by atoms with Gasteiger partial charge in [-0.2, -0.15) is 15.2 Å². The predicted octanol–water partition coefficient (Wildman–Crippen LogP) is 3.71. The van der Waals surface area contributed by atoms with Crippen molar-refractivity contribution in [1.29, 1.82) is 5.26 Å². The Hall–Kier alpha value is -3.29. The number of ether oxygens (including phenoxy) is 2. The molecule has 2 fully saturated rings. The molecular formula is C31H40N6O3S. The molecule has 2 aromatic rings. The SMILES string of the molecule is C=CC(=O)N1CCN(c2nc(OCC3CCCN3C)nc3c2CC[C@@H](Cc2ccc(OC)cc2S)C3)CC1CC#N. The number of rotatable bonds is 9. The minimum absolute atomic E-state index is 0.135. The molecule has 5 rings (SSSR count). The summed E-state index contributed by atoms with van der Waals surface area (Å²) in [6, 6.07) is 8.88. The number of piperazine rings is 1. The first-order chi connectivity index (χ1) is 19.9. The van der Waals surface area contributed by atoms with Crippen LogP contribution < -0.4 is 14.4 Å². The normalized spacial score (nSPS) is 22.6. The number of fused-ring (bicyclic) bond motifs is 1. The molecule has 10 heteroatoms. The second kappa shape index (κ2) is 13.1. The molecule has 41 heavy (non-hydrogen) atoms. The predicted molar refractivity (Wildman–Crippen MR) is 161 cm³/mol. The zero-order chi connectivity index (χ0) is 28.9. The van der Waals surface area contributed by atoms with Gasteiger partial charge in [-0.05, 0) is 81.8 Å². The second-order valence-corrected chi connectivity index (χ2v) is 11.8. The Labute approximate surface area is 248 Å². The molecule has 218 valence electrons. The van der Waals surface area contributed by atoms with Crippen molar-refractivity contribution in [1.82, 2.24) is 19.8 Å². The molecule has 9 nitrogen and oxygen atoms in total. The number of hydrogen-bond donors (Lipinski definition) is 1. The fourth-order valence-electron chi connectivity index (χ4n) is 6.39. The first-order valence-electron chi connectivity index (χ1n) is 14.5. The highest BCUT2D eigenvalue weighted by Gasteiger charge is 2.34. The molecule has 1 aromatic heterocycles. The average Bonchev–Trinajstić information content (AvgIpc) is 3.40. The van der Waals surface area contributed by atoms with E-state index >= 15 is 0 Å². The molecular weight excluding hydrogens is 536 g/mol. The van der Waals surface area contributed by atoms with Gasteiger partial charge in [0, 0.05) is 36.1 Å². The first-order valence-corrected chi connectivity index (χ1v) is 15.0. The number of anilines is 1. The van der Waals surface area contributed by atoms with E-state index in [9.17, 15) is 10.1 Å². The number of thiol groups is 1. The molecule has 0 spiro atoms. The molecule has 0 bridgehead atoms. The minimum Gasteiger partial charge on any atom is -0.497 e. The van der Waals surface area contributed by atoms with Gasteiger partial charge in [-0.15, -0.1) is 12.6 Å². The van der Waals surface area contributed by atoms with Gasteiger partial charge in [0.15, 0.2) is 0 Å². The summed E-state index contributed by atoms with van der Waals surface area (Å²) in [4.78, 5) is 29.7. The van der Waals surface area contributed by atoms with Gasteiger partial charge in [-0.3, -0.25) is 4.79 Å². The van der Waals surface area contributed by atoms with E-state index < -0.39 is 0 Å². The molecule has 1 amide bonds. The summed E-state index contributed by atoms with van der Waals surface area (Å²) in [7, 11) is 3.81. The van der Waals surface area contributed by atoms with Gasteiger partial charge in [0.25, 0.3) is 0 Å². The van der Waals surface area contributed by atoms with Crippen LogP contribution in [0, 0.1) is 17.2 Å². The van der Waals surface area contributed by atoms with E-state index in [1.54, 1.807) is 12.0 Å². The maximum atomic E-state index is 12.5. The van der Waals surface area contributed by atoms with E-state index in [1.807, 2.05) is 12.1 Å². The molecule has 0 N–H and O–H groups in total. The van der Waals surface area contributed by atoms with E-state index in [0.29, 0.717) is 44.2 Å². The van der Waals surface area contributed by atoms with Crippen molar-refractivity contribution in [2.75, 3.05) is 51.8 Å². The summed E-state index contributed by atoms with van der Waals surface area (Å²) in [5.74, 6) is 1.98. The highest BCUT2D eigenvalue weighted by Crippen LogP contribution is 2.36. The fraction of sp³-hybridized carbons (Fsp3) is 0.548. The van der Waals surface area contributed by atoms with E-state index in [4.69, 9.17) is 32.1 Å². The summed E-state index contributed by atoms with van der Waals surface area (Å²) in [5.41, 5.74) is 3.41. The lowest BCUT2D eigenvalue weighted by atomic mass is 9.83. The minimum atomic E-state index is -0.221. The van der Waals surface area contributed by atoms with Crippen LogP contribution in [0.2, 0.25) is 0 Å². The Kier molecular flexibility index (Phi) is 9.35. The summed E-state index contributed by atoms with van der Waals surface area (Å²) in [5, 5.41) is 9.48. The van der Waals surface area contributed by atoms with Gasteiger partial charge in [-0.1, -0.05) is 12.6 Å². The number of amides is 1. The Morgan fingerprint density at radius 3 is 2.80 bits per heavy atom. The van der Waals surface area contributed by atoms with Crippen LogP contribution in [0.3, 0.4) is 0 Å². The number of likely N-dealkylation sites (N-methyl/N-ethyl adjacent to an activating group) is 1. The van der Waals surface area contributed by atoms with Crippen LogP contribution in [-0.4, -0.2) is 84.7 Å². The van der Waals surface area contributed by atoms with Gasteiger partial charge >= 0.3 is 6.01 Å². The second-order valence-electron chi connectivity index (χ2n) is 11.3. The summed E-state index contributed by atoms with van der Waals surface area (Å²) in [6.07, 6.45) is 7.51. The third-order valence-electron chi connectivity index (χ3n) is 8.78. The zero-order valence-corrected chi connectivity index (χ0v) is 25.0. The summed E-state index contributed by atoms with van der Waals surface area (Å²) >= 11 is 4.72. The molecule has 2 aliphatic heterocycles. The number of carbonyl (C=O) groups excluding carboxylic acids is 1. The lowest BCUT2D eigenvalue weighted by Crippen LogP contribution is -2.55. The number of methoxy groups -OCH3 is 1. The number of hydrogen-bond acceptors (Lipinski definition) is 9. The Bertz CT molecular complexity index is 1310. The summed E-state index contributed by atoms with van der Waals surface area (Å²) < 4.78 is 11.6. The van der Waals surface area contributed by atoms with E-state index in [1.165, 1.54) is 18.1 Å². The van der Waals surface area contributed by atoms with Crippen molar-refractivity contribution in [3.63, 3.8) is 0 Å². The molecule has 1 aromatic carbocycles. The van der Waals surface area contributed by atoms with E-state index in [2.05, 4.69) is 35.6 Å². The van der Waals surface area contributed by atoms with Crippen molar-refractivity contribution in [3.8, 4) is 17.8 Å². The standard InChI is InChI=1S/C31H40N6O3S/c1-4-29(38)37-15-14-36(19-23(37)11-12-32)30-26-10-7-21(16-22-8-9-25(39-3)18-28(22)41)17-27(26)33-31(34-30)40-20-24-6-5-13-35(24)2/h4,8-9,18,21,23-24,41H,1,5-7,10-11,13-17,19-20H2,2-3H3/t21-,23?,24?/m0/s1. The maximum absolute atomic E-state index is 12.5. The van der Waals surface area contributed by atoms with Crippen molar-refractivity contribution < 1.29 is 14.3 Å². The topological polar surface area (TPSA) is 94.8 Å². The Balaban J connectivity index is 1.40. The number of benzene rings is 1. The lowest BCUT2D eigenvalue weighted by Gasteiger charge is -2.42. The van der Waals surface area contributed by atoms with Gasteiger partial charge in [-0.25, -0.2) is 0 Å². The van der Waals surface area contributed by atoms with Gasteiger partial charge in [0.2, 0.25) is 5.91 Å². The molecule has 1 aliphatic carbocycles. The third-order valence-corrected chi connectivity index (χ3v) is 9.20. The smallest absolute Gasteiger partial charge is 0.318 e. The molecule has 0 radical (unpaired) electrons. The van der Waals surface area contributed by atoms with Crippen LogP contribution in [0.4, 0.5) is 5.82 Å². The average molecular weight is 577 g/mol. The highest BCUT2D eigenvalue weighted by molar-refractivity contribution is 7.80. The first kappa shape index (κ1) is 29.2. The quantitative estimate of drug-likeness (QED) is 0.357. The maximum Gasteiger partial charge on any atom is 0.318 e. The van der Waals surface area contributed by atoms with Crippen molar-refractivity contribution in [2.24, 2.45) is 5.92 Å². The van der Waals surface area contributed by atoms with Crippen LogP contribution >= 0.6 is 12.6 Å². The van der Waals surface area contributed by atoms with Gasteiger partial charge in [0.1, 0.15) is 18.2 Å². The number of likely N-dealkylation sites (tertiary alicyclic amines) is 1.